The largest absolute Gasteiger partial charge is 0.311 e. The molecule has 0 N–H and O–H groups in total. The third-order valence-corrected chi connectivity index (χ3v) is 1.45. The molecule has 0 unspecified atom stereocenters. The second kappa shape index (κ2) is 3.88. The van der Waals surface area contributed by atoms with Crippen LogP contribution in [0.4, 0.5) is 4.39 Å². The number of hydrogen-bond donors (Lipinski definition) is 0. The summed E-state index contributed by atoms with van der Waals surface area (Å²) in [5, 5.41) is 0. The zero-order chi connectivity index (χ0) is 7.40. The fourth-order valence-corrected chi connectivity index (χ4v) is 1.00. The highest BCUT2D eigenvalue weighted by Crippen LogP contribution is 2.05. The standard InChI is InChI=1S/C7H6FIO/c8-7-3-1-6(2-4-7)5-10-9/h1-4H,5H2. The zero-order valence-electron chi connectivity index (χ0n) is 5.18. The van der Waals surface area contributed by atoms with Crippen LogP contribution in [0.15, 0.2) is 24.3 Å². The Labute approximate surface area is 72.9 Å². The van der Waals surface area contributed by atoms with Crippen LogP contribution >= 0.6 is 23.0 Å². The SMILES string of the molecule is Fc1ccc(COI)cc1. The van der Waals surface area contributed by atoms with Crippen molar-refractivity contribution in [3.05, 3.63) is 35.6 Å². The lowest BCUT2D eigenvalue weighted by Crippen LogP contribution is -1.82. The van der Waals surface area contributed by atoms with E-state index in [2.05, 4.69) is 0 Å². The van der Waals surface area contributed by atoms with Gasteiger partial charge in [0.1, 0.15) is 28.8 Å². The van der Waals surface area contributed by atoms with Crippen LogP contribution in [0.1, 0.15) is 5.56 Å². The second-order valence-corrected chi connectivity index (χ2v) is 2.50. The minimum absolute atomic E-state index is 0.211. The first-order valence-corrected chi connectivity index (χ1v) is 3.69. The number of hydrogen-bond acceptors (Lipinski definition) is 1. The molecule has 1 nitrogen and oxygen atoms in total. The Bertz CT molecular complexity index is 197. The number of halogens is 2. The molecule has 10 heavy (non-hydrogen) atoms. The van der Waals surface area contributed by atoms with E-state index in [-0.39, 0.29) is 5.82 Å². The monoisotopic (exact) mass is 252 g/mol. The fraction of sp³-hybridized carbons (Fsp3) is 0.143. The van der Waals surface area contributed by atoms with Gasteiger partial charge < -0.3 is 3.07 Å². The van der Waals surface area contributed by atoms with E-state index in [9.17, 15) is 4.39 Å². The molecule has 1 aromatic carbocycles. The predicted molar refractivity (Wildman–Crippen MR) is 45.2 cm³/mol. The third kappa shape index (κ3) is 2.22. The molecular weight excluding hydrogens is 246 g/mol. The normalized spacial score (nSPS) is 9.80. The van der Waals surface area contributed by atoms with Crippen LogP contribution < -0.4 is 0 Å². The van der Waals surface area contributed by atoms with Crippen molar-refractivity contribution in [1.29, 1.82) is 0 Å². The number of rotatable bonds is 2. The Hall–Kier alpha value is -0.160. The molecule has 0 aliphatic rings. The van der Waals surface area contributed by atoms with Gasteiger partial charge >= 0.3 is 0 Å². The van der Waals surface area contributed by atoms with Crippen LogP contribution in [0.3, 0.4) is 0 Å². The Morgan fingerprint density at radius 1 is 1.30 bits per heavy atom. The smallest absolute Gasteiger partial charge is 0.123 e. The summed E-state index contributed by atoms with van der Waals surface area (Å²) in [7, 11) is 0. The maximum Gasteiger partial charge on any atom is 0.123 e. The fourth-order valence-electron chi connectivity index (χ4n) is 0.644. The van der Waals surface area contributed by atoms with E-state index in [1.54, 1.807) is 35.1 Å². The average molecular weight is 252 g/mol. The van der Waals surface area contributed by atoms with Crippen molar-refractivity contribution in [2.45, 2.75) is 6.61 Å². The molecule has 0 aliphatic heterocycles. The van der Waals surface area contributed by atoms with E-state index < -0.39 is 0 Å². The van der Waals surface area contributed by atoms with Crippen LogP contribution in [-0.2, 0) is 9.67 Å². The lowest BCUT2D eigenvalue weighted by Gasteiger charge is -1.95. The molecule has 0 spiro atoms. The van der Waals surface area contributed by atoms with Gasteiger partial charge in [0.05, 0.1) is 6.61 Å². The van der Waals surface area contributed by atoms with Crippen LogP contribution in [0.5, 0.6) is 0 Å². The van der Waals surface area contributed by atoms with E-state index in [0.717, 1.165) is 5.56 Å². The molecule has 0 atom stereocenters. The second-order valence-electron chi connectivity index (χ2n) is 1.88. The Morgan fingerprint density at radius 3 is 2.40 bits per heavy atom. The zero-order valence-corrected chi connectivity index (χ0v) is 7.34. The summed E-state index contributed by atoms with van der Waals surface area (Å²) in [6, 6.07) is 6.25. The molecule has 54 valence electrons. The van der Waals surface area contributed by atoms with Gasteiger partial charge in [0, 0.05) is 0 Å². The molecule has 3 heteroatoms. The van der Waals surface area contributed by atoms with Gasteiger partial charge in [-0.1, -0.05) is 12.1 Å². The highest BCUT2D eigenvalue weighted by Gasteiger charge is 1.91. The van der Waals surface area contributed by atoms with Crippen molar-refractivity contribution in [2.75, 3.05) is 0 Å². The van der Waals surface area contributed by atoms with Gasteiger partial charge in [-0.15, -0.1) is 0 Å². The first kappa shape index (κ1) is 7.94. The highest BCUT2D eigenvalue weighted by molar-refractivity contribution is 14.1. The van der Waals surface area contributed by atoms with Crippen LogP contribution in [0.2, 0.25) is 0 Å². The lowest BCUT2D eigenvalue weighted by atomic mass is 10.2. The minimum Gasteiger partial charge on any atom is -0.311 e. The lowest BCUT2D eigenvalue weighted by molar-refractivity contribution is 0.418. The molecule has 0 radical (unpaired) electrons. The van der Waals surface area contributed by atoms with Gasteiger partial charge in [-0.2, -0.15) is 0 Å². The maximum absolute atomic E-state index is 12.3. The molecule has 0 fully saturated rings. The predicted octanol–water partition coefficient (Wildman–Crippen LogP) is 2.69. The molecule has 0 amide bonds. The third-order valence-electron chi connectivity index (χ3n) is 1.13. The average Bonchev–Trinajstić information content (AvgIpc) is 1.95. The summed E-state index contributed by atoms with van der Waals surface area (Å²) in [5.41, 5.74) is 0.982. The first-order chi connectivity index (χ1) is 4.83. The molecule has 0 aromatic heterocycles. The summed E-state index contributed by atoms with van der Waals surface area (Å²) in [5.74, 6) is -0.211. The summed E-state index contributed by atoms with van der Waals surface area (Å²) in [6.45, 7) is 0.529. The van der Waals surface area contributed by atoms with E-state index in [1.165, 1.54) is 12.1 Å². The van der Waals surface area contributed by atoms with E-state index in [1.807, 2.05) is 0 Å². The quantitative estimate of drug-likeness (QED) is 0.735. The molecule has 0 saturated carbocycles. The van der Waals surface area contributed by atoms with E-state index in [4.69, 9.17) is 3.07 Å². The summed E-state index contributed by atoms with van der Waals surface area (Å²) < 4.78 is 17.1. The van der Waals surface area contributed by atoms with Crippen molar-refractivity contribution in [2.24, 2.45) is 0 Å². The Kier molecular flexibility index (Phi) is 3.08. The Balaban J connectivity index is 2.69. The van der Waals surface area contributed by atoms with Crippen LogP contribution in [-0.4, -0.2) is 0 Å². The summed E-state index contributed by atoms with van der Waals surface area (Å²) in [6.07, 6.45) is 0. The summed E-state index contributed by atoms with van der Waals surface area (Å²) in [4.78, 5) is 0. The van der Waals surface area contributed by atoms with Crippen molar-refractivity contribution in [3.63, 3.8) is 0 Å². The number of benzene rings is 1. The molecule has 0 bridgehead atoms. The van der Waals surface area contributed by atoms with Crippen molar-refractivity contribution < 1.29 is 7.46 Å². The van der Waals surface area contributed by atoms with E-state index in [0.29, 0.717) is 6.61 Å². The van der Waals surface area contributed by atoms with Gasteiger partial charge in [0.2, 0.25) is 0 Å². The first-order valence-electron chi connectivity index (χ1n) is 2.81. The molecule has 0 aliphatic carbocycles. The van der Waals surface area contributed by atoms with Crippen LogP contribution in [0, 0.1) is 5.82 Å². The maximum atomic E-state index is 12.3. The van der Waals surface area contributed by atoms with Crippen molar-refractivity contribution in [1.82, 2.24) is 0 Å². The molecular formula is C7H6FIO. The van der Waals surface area contributed by atoms with Crippen molar-refractivity contribution in [3.8, 4) is 0 Å². The molecule has 1 aromatic rings. The highest BCUT2D eigenvalue weighted by atomic mass is 127. The van der Waals surface area contributed by atoms with Gasteiger partial charge in [-0.05, 0) is 17.7 Å². The van der Waals surface area contributed by atoms with Gasteiger partial charge in [0.15, 0.2) is 0 Å². The Morgan fingerprint density at radius 2 is 1.90 bits per heavy atom. The van der Waals surface area contributed by atoms with E-state index >= 15 is 0 Å². The van der Waals surface area contributed by atoms with Crippen LogP contribution in [0.25, 0.3) is 0 Å². The molecule has 0 heterocycles. The van der Waals surface area contributed by atoms with Gasteiger partial charge in [-0.3, -0.25) is 0 Å². The topological polar surface area (TPSA) is 9.23 Å². The molecule has 1 rings (SSSR count). The van der Waals surface area contributed by atoms with Gasteiger partial charge in [0.25, 0.3) is 0 Å². The minimum atomic E-state index is -0.211. The van der Waals surface area contributed by atoms with Gasteiger partial charge in [-0.25, -0.2) is 4.39 Å². The van der Waals surface area contributed by atoms with Crippen molar-refractivity contribution >= 4 is 23.0 Å². The molecule has 0 saturated heterocycles. The summed E-state index contributed by atoms with van der Waals surface area (Å²) >= 11 is 1.81.